The van der Waals surface area contributed by atoms with Crippen molar-refractivity contribution in [2.75, 3.05) is 49.4 Å². The van der Waals surface area contributed by atoms with Crippen molar-refractivity contribution < 1.29 is 4.79 Å². The summed E-state index contributed by atoms with van der Waals surface area (Å²) in [6.45, 7) is 1.68. The topological polar surface area (TPSA) is 35.6 Å². The summed E-state index contributed by atoms with van der Waals surface area (Å²) in [5, 5.41) is 3.57. The molecule has 1 unspecified atom stereocenters. The molecule has 4 nitrogen and oxygen atoms in total. The van der Waals surface area contributed by atoms with Gasteiger partial charge in [0.05, 0.1) is 10.7 Å². The third-order valence-electron chi connectivity index (χ3n) is 3.66. The molecule has 1 saturated heterocycles. The number of likely N-dealkylation sites (tertiary alicyclic amines) is 1. The number of nitrogens with one attached hydrogen (secondary N) is 1. The Balaban J connectivity index is 1.96. The van der Waals surface area contributed by atoms with Crippen molar-refractivity contribution in [1.82, 2.24) is 4.90 Å². The molecule has 0 radical (unpaired) electrons. The first-order valence-electron chi connectivity index (χ1n) is 7.03. The highest BCUT2D eigenvalue weighted by atomic mass is 35.5. The van der Waals surface area contributed by atoms with Crippen LogP contribution in [0.1, 0.15) is 6.42 Å². The Bertz CT molecular complexity index is 510. The van der Waals surface area contributed by atoms with E-state index in [4.69, 9.17) is 11.6 Å². The Hall–Kier alpha value is -1.07. The molecule has 1 fully saturated rings. The Morgan fingerprint density at radius 3 is 2.90 bits per heavy atom. The number of carbonyl (C=O) groups excluding carboxylic acids is 1. The number of anilines is 2. The Morgan fingerprint density at radius 1 is 1.52 bits per heavy atom. The van der Waals surface area contributed by atoms with Gasteiger partial charge in [-0.05, 0) is 42.5 Å². The molecule has 21 heavy (non-hydrogen) atoms. The molecule has 0 bridgehead atoms. The zero-order valence-corrected chi connectivity index (χ0v) is 14.3. The van der Waals surface area contributed by atoms with E-state index in [-0.39, 0.29) is 6.03 Å². The van der Waals surface area contributed by atoms with Crippen LogP contribution >= 0.6 is 23.4 Å². The highest BCUT2D eigenvalue weighted by molar-refractivity contribution is 7.98. The number of hydrogen-bond acceptors (Lipinski definition) is 3. The first-order valence-corrected chi connectivity index (χ1v) is 8.80. The zero-order valence-electron chi connectivity index (χ0n) is 12.7. The van der Waals surface area contributed by atoms with Crippen molar-refractivity contribution in [1.29, 1.82) is 0 Å². The number of urea groups is 1. The van der Waals surface area contributed by atoms with Crippen LogP contribution in [0.25, 0.3) is 0 Å². The third-order valence-corrected chi connectivity index (χ3v) is 4.76. The summed E-state index contributed by atoms with van der Waals surface area (Å²) in [4.78, 5) is 16.1. The maximum atomic E-state index is 12.2. The van der Waals surface area contributed by atoms with E-state index in [1.807, 2.05) is 47.8 Å². The quantitative estimate of drug-likeness (QED) is 0.917. The number of amides is 2. The van der Waals surface area contributed by atoms with Crippen LogP contribution in [0.3, 0.4) is 0 Å². The summed E-state index contributed by atoms with van der Waals surface area (Å²) in [6, 6.07) is 5.56. The molecule has 0 aromatic heterocycles. The van der Waals surface area contributed by atoms with Gasteiger partial charge in [0.15, 0.2) is 0 Å². The number of hydrogen-bond donors (Lipinski definition) is 1. The Labute approximate surface area is 135 Å². The fourth-order valence-electron chi connectivity index (χ4n) is 2.54. The summed E-state index contributed by atoms with van der Waals surface area (Å²) >= 11 is 8.06. The number of halogens is 1. The Morgan fingerprint density at radius 2 is 2.29 bits per heavy atom. The monoisotopic (exact) mass is 327 g/mol. The van der Waals surface area contributed by atoms with Crippen LogP contribution in [-0.4, -0.2) is 50.1 Å². The molecule has 6 heteroatoms. The van der Waals surface area contributed by atoms with Gasteiger partial charge in [-0.25, -0.2) is 4.79 Å². The lowest BCUT2D eigenvalue weighted by Crippen LogP contribution is -2.33. The van der Waals surface area contributed by atoms with E-state index in [0.717, 1.165) is 36.6 Å². The van der Waals surface area contributed by atoms with Crippen molar-refractivity contribution in [3.05, 3.63) is 23.2 Å². The minimum absolute atomic E-state index is 0.0349. The fraction of sp³-hybridized carbons (Fsp3) is 0.533. The minimum atomic E-state index is -0.0349. The van der Waals surface area contributed by atoms with E-state index >= 15 is 0 Å². The number of thioether (sulfide) groups is 1. The molecule has 1 aromatic carbocycles. The smallest absolute Gasteiger partial charge is 0.321 e. The van der Waals surface area contributed by atoms with E-state index in [2.05, 4.69) is 11.6 Å². The van der Waals surface area contributed by atoms with Crippen LogP contribution in [0.4, 0.5) is 16.2 Å². The first kappa shape index (κ1) is 16.3. The van der Waals surface area contributed by atoms with E-state index in [0.29, 0.717) is 10.9 Å². The summed E-state index contributed by atoms with van der Waals surface area (Å²) in [5.41, 5.74) is 1.68. The second-order valence-corrected chi connectivity index (χ2v) is 6.86. The molecular formula is C15H22ClN3OS. The van der Waals surface area contributed by atoms with Crippen LogP contribution in [0.15, 0.2) is 18.2 Å². The lowest BCUT2D eigenvalue weighted by Gasteiger charge is -2.19. The molecule has 1 aromatic rings. The predicted octanol–water partition coefficient (Wildman–Crippen LogP) is 3.62. The van der Waals surface area contributed by atoms with E-state index in [1.54, 1.807) is 6.07 Å². The van der Waals surface area contributed by atoms with Gasteiger partial charge in [0.25, 0.3) is 0 Å². The maximum absolute atomic E-state index is 12.2. The van der Waals surface area contributed by atoms with E-state index in [9.17, 15) is 4.79 Å². The van der Waals surface area contributed by atoms with Gasteiger partial charge >= 0.3 is 6.03 Å². The maximum Gasteiger partial charge on any atom is 0.321 e. The Kier molecular flexibility index (Phi) is 5.65. The molecule has 116 valence electrons. The number of benzene rings is 1. The third kappa shape index (κ3) is 4.20. The molecule has 0 saturated carbocycles. The van der Waals surface area contributed by atoms with Gasteiger partial charge in [0.2, 0.25) is 0 Å². The molecule has 1 aliphatic rings. The van der Waals surface area contributed by atoms with E-state index < -0.39 is 0 Å². The normalized spacial score (nSPS) is 17.9. The summed E-state index contributed by atoms with van der Waals surface area (Å²) in [6.07, 6.45) is 3.20. The fourth-order valence-corrected chi connectivity index (χ4v) is 3.63. The average molecular weight is 328 g/mol. The molecular weight excluding hydrogens is 306 g/mol. The number of rotatable bonds is 4. The summed E-state index contributed by atoms with van der Waals surface area (Å²) < 4.78 is 0. The lowest BCUT2D eigenvalue weighted by molar-refractivity contribution is 0.221. The van der Waals surface area contributed by atoms with Gasteiger partial charge in [0, 0.05) is 32.9 Å². The largest absolute Gasteiger partial charge is 0.376 e. The average Bonchev–Trinajstić information content (AvgIpc) is 2.87. The van der Waals surface area contributed by atoms with Gasteiger partial charge in [-0.1, -0.05) is 11.6 Å². The van der Waals surface area contributed by atoms with Gasteiger partial charge in [-0.3, -0.25) is 0 Å². The first-order chi connectivity index (χ1) is 10.0. The predicted molar refractivity (Wildman–Crippen MR) is 92.9 cm³/mol. The lowest BCUT2D eigenvalue weighted by atomic mass is 10.2. The number of nitrogens with zero attached hydrogens (tertiary/aromatic N) is 2. The van der Waals surface area contributed by atoms with Crippen molar-refractivity contribution in [2.24, 2.45) is 5.92 Å². The summed E-state index contributed by atoms with van der Waals surface area (Å²) in [7, 11) is 3.88. The second-order valence-electron chi connectivity index (χ2n) is 5.55. The van der Waals surface area contributed by atoms with Crippen LogP contribution < -0.4 is 10.2 Å². The van der Waals surface area contributed by atoms with Crippen molar-refractivity contribution in [2.45, 2.75) is 6.42 Å². The molecule has 2 rings (SSSR count). The molecule has 1 aliphatic heterocycles. The van der Waals surface area contributed by atoms with Crippen molar-refractivity contribution in [3.63, 3.8) is 0 Å². The van der Waals surface area contributed by atoms with E-state index in [1.165, 1.54) is 0 Å². The number of carbonyl (C=O) groups is 1. The zero-order chi connectivity index (χ0) is 15.4. The van der Waals surface area contributed by atoms with Crippen LogP contribution in [0, 0.1) is 5.92 Å². The molecule has 1 atom stereocenters. The van der Waals surface area contributed by atoms with Crippen LogP contribution in [-0.2, 0) is 0 Å². The SMILES string of the molecule is CSCC1CCN(C(=O)Nc2ccc(N(C)C)c(Cl)c2)C1. The van der Waals surface area contributed by atoms with Gasteiger partial charge in [-0.15, -0.1) is 0 Å². The highest BCUT2D eigenvalue weighted by Crippen LogP contribution is 2.28. The molecule has 1 N–H and O–H groups in total. The van der Waals surface area contributed by atoms with Gasteiger partial charge in [-0.2, -0.15) is 11.8 Å². The molecule has 2 amide bonds. The summed E-state index contributed by atoms with van der Waals surface area (Å²) in [5.74, 6) is 1.73. The van der Waals surface area contributed by atoms with Crippen LogP contribution in [0.2, 0.25) is 5.02 Å². The standard InChI is InChI=1S/C15H22ClN3OS/c1-18(2)14-5-4-12(8-13(14)16)17-15(20)19-7-6-11(9-19)10-21-3/h4-5,8,11H,6-7,9-10H2,1-3H3,(H,17,20). The molecule has 0 aliphatic carbocycles. The van der Waals surface area contributed by atoms with Crippen molar-refractivity contribution >= 4 is 40.8 Å². The van der Waals surface area contributed by atoms with Gasteiger partial charge in [0.1, 0.15) is 0 Å². The van der Waals surface area contributed by atoms with Crippen LogP contribution in [0.5, 0.6) is 0 Å². The van der Waals surface area contributed by atoms with Gasteiger partial charge < -0.3 is 15.1 Å². The van der Waals surface area contributed by atoms with Crippen molar-refractivity contribution in [3.8, 4) is 0 Å². The second kappa shape index (κ2) is 7.27. The minimum Gasteiger partial charge on any atom is -0.376 e. The molecule has 1 heterocycles. The molecule has 0 spiro atoms. The highest BCUT2D eigenvalue weighted by Gasteiger charge is 2.25.